The molecule has 0 saturated heterocycles. The minimum Gasteiger partial charge on any atom is -0.497 e. The molecule has 8 nitrogen and oxygen atoms in total. The second-order valence-electron chi connectivity index (χ2n) is 10.1. The van der Waals surface area contributed by atoms with E-state index in [4.69, 9.17) is 16.3 Å². The molecule has 41 heavy (non-hydrogen) atoms. The predicted octanol–water partition coefficient (Wildman–Crippen LogP) is 5.49. The molecule has 0 saturated carbocycles. The van der Waals surface area contributed by atoms with Crippen molar-refractivity contribution in [3.63, 3.8) is 0 Å². The molecule has 3 aromatic carbocycles. The molecule has 1 N–H and O–H groups in total. The van der Waals surface area contributed by atoms with Gasteiger partial charge in [0.2, 0.25) is 11.8 Å². The molecule has 10 heteroatoms. The van der Waals surface area contributed by atoms with Gasteiger partial charge in [-0.15, -0.1) is 0 Å². The fourth-order valence-corrected chi connectivity index (χ4v) is 5.87. The van der Waals surface area contributed by atoms with E-state index < -0.39 is 28.5 Å². The molecular weight excluding hydrogens is 562 g/mol. The Hall–Kier alpha value is -3.56. The van der Waals surface area contributed by atoms with Gasteiger partial charge in [-0.25, -0.2) is 8.42 Å². The van der Waals surface area contributed by atoms with Gasteiger partial charge in [0, 0.05) is 17.6 Å². The number of carbonyl (C=O) groups is 2. The Labute approximate surface area is 248 Å². The predicted molar refractivity (Wildman–Crippen MR) is 163 cm³/mol. The number of carbonyl (C=O) groups excluding carboxylic acids is 2. The van der Waals surface area contributed by atoms with Crippen molar-refractivity contribution < 1.29 is 22.7 Å². The first kappa shape index (κ1) is 32.0. The molecule has 0 fully saturated rings. The molecule has 0 aromatic heterocycles. The summed E-state index contributed by atoms with van der Waals surface area (Å²) in [4.78, 5) is 28.7. The first-order chi connectivity index (χ1) is 19.4. The van der Waals surface area contributed by atoms with E-state index in [0.29, 0.717) is 16.3 Å². The number of benzene rings is 3. The van der Waals surface area contributed by atoms with Gasteiger partial charge < -0.3 is 15.0 Å². The lowest BCUT2D eigenvalue weighted by Gasteiger charge is -2.33. The van der Waals surface area contributed by atoms with Crippen LogP contribution in [0.5, 0.6) is 5.75 Å². The van der Waals surface area contributed by atoms with Crippen LogP contribution in [0.3, 0.4) is 0 Å². The normalized spacial score (nSPS) is 12.8. The summed E-state index contributed by atoms with van der Waals surface area (Å²) in [6.45, 7) is 8.57. The molecule has 3 aromatic rings. The molecule has 3 rings (SSSR count). The number of sulfonamides is 1. The summed E-state index contributed by atoms with van der Waals surface area (Å²) < 4.78 is 34.4. The van der Waals surface area contributed by atoms with Crippen molar-refractivity contribution in [3.05, 3.63) is 88.4 Å². The van der Waals surface area contributed by atoms with Crippen molar-refractivity contribution in [1.29, 1.82) is 0 Å². The maximum absolute atomic E-state index is 14.1. The summed E-state index contributed by atoms with van der Waals surface area (Å²) in [7, 11) is -2.64. The Kier molecular flexibility index (Phi) is 10.8. The van der Waals surface area contributed by atoms with Crippen LogP contribution in [0.15, 0.2) is 71.6 Å². The van der Waals surface area contributed by atoms with Crippen molar-refractivity contribution in [1.82, 2.24) is 10.2 Å². The number of amides is 2. The van der Waals surface area contributed by atoms with Crippen molar-refractivity contribution >= 4 is 39.1 Å². The Morgan fingerprint density at radius 2 is 1.66 bits per heavy atom. The molecule has 0 aliphatic heterocycles. The summed E-state index contributed by atoms with van der Waals surface area (Å²) in [5.41, 5.74) is 2.42. The lowest BCUT2D eigenvalue weighted by molar-refractivity contribution is -0.139. The maximum atomic E-state index is 14.1. The van der Waals surface area contributed by atoms with Crippen LogP contribution in [0, 0.1) is 13.8 Å². The minimum atomic E-state index is -4.18. The summed E-state index contributed by atoms with van der Waals surface area (Å²) in [6.07, 6.45) is 0.721. The van der Waals surface area contributed by atoms with Crippen LogP contribution in [0.25, 0.3) is 0 Å². The standard InChI is InChI=1S/C31H38ClN3O5S/c1-7-22(3)33-31(37)24(5)34(19-25-10-8-11-26(18-25)40-6)30(36)20-35(29-13-9-12-28(32)23(29)4)41(38,39)27-16-14-21(2)15-17-27/h8-18,22,24H,7,19-20H2,1-6H3,(H,33,37). The number of aryl methyl sites for hydroxylation is 1. The van der Waals surface area contributed by atoms with Crippen LogP contribution in [-0.4, -0.2) is 50.9 Å². The smallest absolute Gasteiger partial charge is 0.264 e. The highest BCUT2D eigenvalue weighted by atomic mass is 35.5. The average molecular weight is 600 g/mol. The van der Waals surface area contributed by atoms with E-state index in [-0.39, 0.29) is 29.1 Å². The number of rotatable bonds is 12. The zero-order valence-corrected chi connectivity index (χ0v) is 25.9. The van der Waals surface area contributed by atoms with Crippen LogP contribution >= 0.6 is 11.6 Å². The largest absolute Gasteiger partial charge is 0.497 e. The fourth-order valence-electron chi connectivity index (χ4n) is 4.23. The number of methoxy groups -OCH3 is 1. The van der Waals surface area contributed by atoms with Gasteiger partial charge >= 0.3 is 0 Å². The zero-order chi connectivity index (χ0) is 30.3. The van der Waals surface area contributed by atoms with Gasteiger partial charge in [-0.05, 0) is 81.6 Å². The highest BCUT2D eigenvalue weighted by Gasteiger charge is 2.33. The lowest BCUT2D eigenvalue weighted by Crippen LogP contribution is -2.52. The second kappa shape index (κ2) is 13.9. The number of nitrogens with one attached hydrogen (secondary N) is 1. The molecule has 0 radical (unpaired) electrons. The fraction of sp³-hybridized carbons (Fsp3) is 0.355. The molecule has 0 aliphatic carbocycles. The van der Waals surface area contributed by atoms with Crippen LogP contribution < -0.4 is 14.4 Å². The molecular formula is C31H38ClN3O5S. The van der Waals surface area contributed by atoms with Crippen LogP contribution in [0.4, 0.5) is 5.69 Å². The zero-order valence-electron chi connectivity index (χ0n) is 24.3. The summed E-state index contributed by atoms with van der Waals surface area (Å²) >= 11 is 6.38. The topological polar surface area (TPSA) is 96.0 Å². The van der Waals surface area contributed by atoms with E-state index in [1.807, 2.05) is 26.8 Å². The summed E-state index contributed by atoms with van der Waals surface area (Å²) in [6, 6.07) is 17.6. The third-order valence-electron chi connectivity index (χ3n) is 7.05. The summed E-state index contributed by atoms with van der Waals surface area (Å²) in [5.74, 6) is -0.276. The third kappa shape index (κ3) is 7.80. The molecule has 0 aliphatic rings. The first-order valence-corrected chi connectivity index (χ1v) is 15.3. The van der Waals surface area contributed by atoms with Crippen molar-refractivity contribution in [2.75, 3.05) is 18.0 Å². The van der Waals surface area contributed by atoms with E-state index in [2.05, 4.69) is 5.32 Å². The number of hydrogen-bond donors (Lipinski definition) is 1. The number of hydrogen-bond acceptors (Lipinski definition) is 5. The van der Waals surface area contributed by atoms with Gasteiger partial charge in [0.05, 0.1) is 17.7 Å². The third-order valence-corrected chi connectivity index (χ3v) is 9.23. The number of halogens is 1. The van der Waals surface area contributed by atoms with Gasteiger partial charge in [-0.2, -0.15) is 0 Å². The van der Waals surface area contributed by atoms with E-state index in [0.717, 1.165) is 21.9 Å². The lowest BCUT2D eigenvalue weighted by atomic mass is 10.1. The van der Waals surface area contributed by atoms with Crippen LogP contribution in [-0.2, 0) is 26.2 Å². The molecule has 2 amide bonds. The van der Waals surface area contributed by atoms with Crippen molar-refractivity contribution in [2.45, 2.75) is 64.6 Å². The van der Waals surface area contributed by atoms with Gasteiger partial charge in [0.15, 0.2) is 0 Å². The maximum Gasteiger partial charge on any atom is 0.264 e. The van der Waals surface area contributed by atoms with E-state index in [1.165, 1.54) is 17.0 Å². The molecule has 2 atom stereocenters. The Morgan fingerprint density at radius 1 is 1.00 bits per heavy atom. The second-order valence-corrected chi connectivity index (χ2v) is 12.3. The van der Waals surface area contributed by atoms with Gasteiger partial charge in [-0.3, -0.25) is 13.9 Å². The van der Waals surface area contributed by atoms with E-state index in [9.17, 15) is 18.0 Å². The molecule has 0 bridgehead atoms. The van der Waals surface area contributed by atoms with Gasteiger partial charge in [0.25, 0.3) is 10.0 Å². The minimum absolute atomic E-state index is 0.0391. The average Bonchev–Trinajstić information content (AvgIpc) is 2.95. The Morgan fingerprint density at radius 3 is 2.29 bits per heavy atom. The summed E-state index contributed by atoms with van der Waals surface area (Å²) in [5, 5.41) is 3.30. The number of anilines is 1. The van der Waals surface area contributed by atoms with Gasteiger partial charge in [0.1, 0.15) is 18.3 Å². The first-order valence-electron chi connectivity index (χ1n) is 13.5. The molecule has 2 unspecified atom stereocenters. The molecule has 0 heterocycles. The van der Waals surface area contributed by atoms with Gasteiger partial charge in [-0.1, -0.05) is 54.4 Å². The molecule has 0 spiro atoms. The van der Waals surface area contributed by atoms with E-state index >= 15 is 0 Å². The van der Waals surface area contributed by atoms with Crippen LogP contribution in [0.1, 0.15) is 43.9 Å². The van der Waals surface area contributed by atoms with Crippen molar-refractivity contribution in [3.8, 4) is 5.75 Å². The Bertz CT molecular complexity index is 1480. The monoisotopic (exact) mass is 599 g/mol. The van der Waals surface area contributed by atoms with Crippen molar-refractivity contribution in [2.24, 2.45) is 0 Å². The molecule has 220 valence electrons. The quantitative estimate of drug-likeness (QED) is 0.297. The van der Waals surface area contributed by atoms with E-state index in [1.54, 1.807) is 69.5 Å². The highest BCUT2D eigenvalue weighted by molar-refractivity contribution is 7.92. The Balaban J connectivity index is 2.08. The SMILES string of the molecule is CCC(C)NC(=O)C(C)N(Cc1cccc(OC)c1)C(=O)CN(c1cccc(Cl)c1C)S(=O)(=O)c1ccc(C)cc1. The number of ether oxygens (including phenoxy) is 1. The highest BCUT2D eigenvalue weighted by Crippen LogP contribution is 2.31. The van der Waals surface area contributed by atoms with Crippen LogP contribution in [0.2, 0.25) is 5.02 Å². The number of nitrogens with zero attached hydrogens (tertiary/aromatic N) is 2.